The van der Waals surface area contributed by atoms with Crippen LogP contribution in [0.4, 0.5) is 0 Å². The van der Waals surface area contributed by atoms with Crippen LogP contribution in [-0.2, 0) is 14.4 Å². The summed E-state index contributed by atoms with van der Waals surface area (Å²) in [6.07, 6.45) is 3.26. The monoisotopic (exact) mass is 282 g/mol. The van der Waals surface area contributed by atoms with E-state index in [2.05, 4.69) is 5.32 Å². The summed E-state index contributed by atoms with van der Waals surface area (Å²) in [6.45, 7) is 2.93. The Labute approximate surface area is 118 Å². The molecule has 6 heteroatoms. The Bertz CT molecular complexity index is 402. The van der Waals surface area contributed by atoms with E-state index >= 15 is 0 Å². The van der Waals surface area contributed by atoms with E-state index < -0.39 is 5.97 Å². The maximum atomic E-state index is 12.1. The van der Waals surface area contributed by atoms with Crippen LogP contribution in [0, 0.1) is 11.8 Å². The Morgan fingerprint density at radius 2 is 1.65 bits per heavy atom. The third kappa shape index (κ3) is 3.49. The molecule has 6 nitrogen and oxygen atoms in total. The zero-order valence-electron chi connectivity index (χ0n) is 11.8. The van der Waals surface area contributed by atoms with Gasteiger partial charge in [0, 0.05) is 32.0 Å². The molecular formula is C14H22N2O4. The number of carboxylic acid groups (broad SMARTS) is 1. The summed E-state index contributed by atoms with van der Waals surface area (Å²) in [5, 5.41) is 12.0. The third-order valence-electron chi connectivity index (χ3n) is 4.44. The predicted molar refractivity (Wildman–Crippen MR) is 71.9 cm³/mol. The first-order valence-electron chi connectivity index (χ1n) is 7.26. The second-order valence-electron chi connectivity index (χ2n) is 5.83. The van der Waals surface area contributed by atoms with Crippen molar-refractivity contribution in [3.63, 3.8) is 0 Å². The fourth-order valence-corrected chi connectivity index (χ4v) is 3.10. The first-order chi connectivity index (χ1) is 9.47. The highest BCUT2D eigenvalue weighted by Gasteiger charge is 2.34. The standard InChI is InChI=1S/C14H22N2O4/c1-9(17)16-6-4-12(5-7-16)15-13(18)10-2-3-11(8-10)14(19)20/h10-12H,2-8H2,1H3,(H,15,18)(H,19,20). The van der Waals surface area contributed by atoms with Crippen LogP contribution < -0.4 is 5.32 Å². The van der Waals surface area contributed by atoms with E-state index in [0.717, 1.165) is 12.8 Å². The van der Waals surface area contributed by atoms with Gasteiger partial charge in [-0.15, -0.1) is 0 Å². The van der Waals surface area contributed by atoms with Gasteiger partial charge in [-0.1, -0.05) is 0 Å². The molecule has 1 aliphatic carbocycles. The van der Waals surface area contributed by atoms with Crippen molar-refractivity contribution in [3.05, 3.63) is 0 Å². The quantitative estimate of drug-likeness (QED) is 0.794. The van der Waals surface area contributed by atoms with E-state index in [1.807, 2.05) is 0 Å². The molecule has 112 valence electrons. The Kier molecular flexibility index (Phi) is 4.62. The van der Waals surface area contributed by atoms with Gasteiger partial charge >= 0.3 is 5.97 Å². The molecular weight excluding hydrogens is 260 g/mol. The molecule has 0 aromatic carbocycles. The lowest BCUT2D eigenvalue weighted by molar-refractivity contribution is -0.141. The van der Waals surface area contributed by atoms with Gasteiger partial charge < -0.3 is 15.3 Å². The maximum Gasteiger partial charge on any atom is 0.306 e. The Morgan fingerprint density at radius 1 is 1.05 bits per heavy atom. The second-order valence-corrected chi connectivity index (χ2v) is 5.83. The van der Waals surface area contributed by atoms with Crippen molar-refractivity contribution < 1.29 is 19.5 Å². The number of aliphatic carboxylic acids is 1. The molecule has 2 N–H and O–H groups in total. The van der Waals surface area contributed by atoms with Gasteiger partial charge in [0.2, 0.25) is 11.8 Å². The average molecular weight is 282 g/mol. The van der Waals surface area contributed by atoms with Crippen LogP contribution in [0.15, 0.2) is 0 Å². The molecule has 2 aliphatic rings. The lowest BCUT2D eigenvalue weighted by Gasteiger charge is -2.32. The maximum absolute atomic E-state index is 12.1. The molecule has 2 unspecified atom stereocenters. The van der Waals surface area contributed by atoms with Crippen LogP contribution in [0.3, 0.4) is 0 Å². The topological polar surface area (TPSA) is 86.7 Å². The summed E-state index contributed by atoms with van der Waals surface area (Å²) in [7, 11) is 0. The molecule has 0 spiro atoms. The molecule has 2 atom stereocenters. The number of piperidine rings is 1. The fourth-order valence-electron chi connectivity index (χ4n) is 3.10. The highest BCUT2D eigenvalue weighted by molar-refractivity contribution is 5.81. The number of hydrogen-bond acceptors (Lipinski definition) is 3. The number of carboxylic acids is 1. The van der Waals surface area contributed by atoms with Gasteiger partial charge in [0.15, 0.2) is 0 Å². The molecule has 0 aromatic rings. The first-order valence-corrected chi connectivity index (χ1v) is 7.26. The molecule has 2 amide bonds. The SMILES string of the molecule is CC(=O)N1CCC(NC(=O)C2CCC(C(=O)O)C2)CC1. The number of likely N-dealkylation sites (tertiary alicyclic amines) is 1. The van der Waals surface area contributed by atoms with Gasteiger partial charge in [0.05, 0.1) is 5.92 Å². The summed E-state index contributed by atoms with van der Waals surface area (Å²) >= 11 is 0. The van der Waals surface area contributed by atoms with E-state index in [-0.39, 0.29) is 29.7 Å². The van der Waals surface area contributed by atoms with Crippen LogP contribution >= 0.6 is 0 Å². The van der Waals surface area contributed by atoms with Gasteiger partial charge in [-0.05, 0) is 32.1 Å². The largest absolute Gasteiger partial charge is 0.481 e. The van der Waals surface area contributed by atoms with Gasteiger partial charge in [-0.25, -0.2) is 0 Å². The minimum absolute atomic E-state index is 0.0185. The van der Waals surface area contributed by atoms with E-state index in [1.165, 1.54) is 0 Å². The van der Waals surface area contributed by atoms with Crippen LogP contribution in [-0.4, -0.2) is 46.9 Å². The minimum Gasteiger partial charge on any atom is -0.481 e. The van der Waals surface area contributed by atoms with Crippen LogP contribution in [0.25, 0.3) is 0 Å². The molecule has 1 aliphatic heterocycles. The lowest BCUT2D eigenvalue weighted by Crippen LogP contribution is -2.47. The van der Waals surface area contributed by atoms with Crippen molar-refractivity contribution in [2.45, 2.75) is 45.1 Å². The number of nitrogens with one attached hydrogen (secondary N) is 1. The molecule has 20 heavy (non-hydrogen) atoms. The van der Waals surface area contributed by atoms with Crippen LogP contribution in [0.1, 0.15) is 39.0 Å². The van der Waals surface area contributed by atoms with E-state index in [4.69, 9.17) is 5.11 Å². The van der Waals surface area contributed by atoms with Gasteiger partial charge in [0.25, 0.3) is 0 Å². The van der Waals surface area contributed by atoms with Crippen molar-refractivity contribution in [1.29, 1.82) is 0 Å². The molecule has 1 saturated carbocycles. The highest BCUT2D eigenvalue weighted by atomic mass is 16.4. The van der Waals surface area contributed by atoms with Crippen LogP contribution in [0.2, 0.25) is 0 Å². The minimum atomic E-state index is -0.796. The zero-order chi connectivity index (χ0) is 14.7. The number of carbonyl (C=O) groups is 3. The third-order valence-corrected chi connectivity index (χ3v) is 4.44. The molecule has 0 aromatic heterocycles. The van der Waals surface area contributed by atoms with Gasteiger partial charge in [-0.2, -0.15) is 0 Å². The fraction of sp³-hybridized carbons (Fsp3) is 0.786. The molecule has 2 fully saturated rings. The molecule has 1 heterocycles. The lowest BCUT2D eigenvalue weighted by atomic mass is 10.0. The smallest absolute Gasteiger partial charge is 0.306 e. The molecule has 0 radical (unpaired) electrons. The van der Waals surface area contributed by atoms with E-state index in [1.54, 1.807) is 11.8 Å². The van der Waals surface area contributed by atoms with E-state index in [0.29, 0.717) is 32.4 Å². The summed E-state index contributed by atoms with van der Waals surface area (Å²) in [4.78, 5) is 36.0. The van der Waals surface area contributed by atoms with Crippen molar-refractivity contribution in [1.82, 2.24) is 10.2 Å². The Balaban J connectivity index is 1.76. The summed E-state index contributed by atoms with van der Waals surface area (Å²) < 4.78 is 0. The Hall–Kier alpha value is -1.59. The van der Waals surface area contributed by atoms with Crippen LogP contribution in [0.5, 0.6) is 0 Å². The summed E-state index contributed by atoms with van der Waals surface area (Å²) in [5.41, 5.74) is 0. The normalized spacial score (nSPS) is 27.4. The first kappa shape index (κ1) is 14.8. The predicted octanol–water partition coefficient (Wildman–Crippen LogP) is 0.614. The number of rotatable bonds is 3. The molecule has 0 bridgehead atoms. The van der Waals surface area contributed by atoms with E-state index in [9.17, 15) is 14.4 Å². The molecule has 1 saturated heterocycles. The summed E-state index contributed by atoms with van der Waals surface area (Å²) in [6, 6.07) is 0.113. The summed E-state index contributed by atoms with van der Waals surface area (Å²) in [5.74, 6) is -1.27. The average Bonchev–Trinajstić information content (AvgIpc) is 2.89. The van der Waals surface area contributed by atoms with Crippen molar-refractivity contribution in [3.8, 4) is 0 Å². The highest BCUT2D eigenvalue weighted by Crippen LogP contribution is 2.31. The zero-order valence-corrected chi connectivity index (χ0v) is 11.8. The second kappa shape index (κ2) is 6.24. The number of carbonyl (C=O) groups excluding carboxylic acids is 2. The van der Waals surface area contributed by atoms with Crippen molar-refractivity contribution >= 4 is 17.8 Å². The number of hydrogen-bond donors (Lipinski definition) is 2. The number of nitrogens with zero attached hydrogens (tertiary/aromatic N) is 1. The van der Waals surface area contributed by atoms with Crippen molar-refractivity contribution in [2.75, 3.05) is 13.1 Å². The van der Waals surface area contributed by atoms with Crippen molar-refractivity contribution in [2.24, 2.45) is 11.8 Å². The van der Waals surface area contributed by atoms with Gasteiger partial charge in [0.1, 0.15) is 0 Å². The molecule has 2 rings (SSSR count). The van der Waals surface area contributed by atoms with Gasteiger partial charge in [-0.3, -0.25) is 14.4 Å². The Morgan fingerprint density at radius 3 is 2.15 bits per heavy atom. The number of amides is 2.